The summed E-state index contributed by atoms with van der Waals surface area (Å²) in [7, 11) is 4.18. The highest BCUT2D eigenvalue weighted by Crippen LogP contribution is 2.62. The summed E-state index contributed by atoms with van der Waals surface area (Å²) in [5.41, 5.74) is 1.47. The topological polar surface area (TPSA) is 85.7 Å². The molecule has 8 nitrogen and oxygen atoms in total. The fourth-order valence-corrected chi connectivity index (χ4v) is 7.70. The highest BCUT2D eigenvalue weighted by molar-refractivity contribution is 7.56. The van der Waals surface area contributed by atoms with Crippen LogP contribution in [0.5, 0.6) is 11.5 Å². The summed E-state index contributed by atoms with van der Waals surface area (Å²) in [6, 6.07) is 3.72. The van der Waals surface area contributed by atoms with Gasteiger partial charge in [0.05, 0.1) is 6.10 Å². The molecule has 0 amide bonds. The molecule has 0 spiro atoms. The largest absolute Gasteiger partial charge is 0.454 e. The van der Waals surface area contributed by atoms with Crippen LogP contribution in [-0.4, -0.2) is 78.0 Å². The van der Waals surface area contributed by atoms with Crippen molar-refractivity contribution in [1.82, 2.24) is 14.0 Å². The van der Waals surface area contributed by atoms with Gasteiger partial charge in [-0.1, -0.05) is 12.2 Å². The molecule has 0 fully saturated rings. The summed E-state index contributed by atoms with van der Waals surface area (Å²) in [6.07, 6.45) is 4.06. The Kier molecular flexibility index (Phi) is 5.30. The molecule has 0 saturated heterocycles. The van der Waals surface area contributed by atoms with Gasteiger partial charge in [0.1, 0.15) is 0 Å². The zero-order chi connectivity index (χ0) is 21.0. The van der Waals surface area contributed by atoms with E-state index in [2.05, 4.69) is 0 Å². The number of rotatable bonds is 5. The van der Waals surface area contributed by atoms with Crippen molar-refractivity contribution in [2.45, 2.75) is 36.9 Å². The Bertz CT molecular complexity index is 862. The van der Waals surface area contributed by atoms with Gasteiger partial charge in [-0.2, -0.15) is 0 Å². The number of benzene rings is 1. The lowest BCUT2D eigenvalue weighted by molar-refractivity contribution is 0.0865. The Morgan fingerprint density at radius 2 is 1.86 bits per heavy atom. The van der Waals surface area contributed by atoms with Gasteiger partial charge in [-0.3, -0.25) is 4.57 Å². The first kappa shape index (κ1) is 20.8. The Morgan fingerprint density at radius 1 is 1.21 bits per heavy atom. The second-order valence-corrected chi connectivity index (χ2v) is 11.5. The predicted octanol–water partition coefficient (Wildman–Crippen LogP) is 1.77. The molecule has 2 heterocycles. The SMILES string of the molecule is CN(C)P(=O)(N(C)C)N1Cc2cc3c(cc2[C@]2(CCO)C=C[C@@H](O)C[C@@H]12)OCO3. The smallest absolute Gasteiger partial charge is 0.286 e. The minimum Gasteiger partial charge on any atom is -0.454 e. The minimum atomic E-state index is -3.09. The van der Waals surface area contributed by atoms with Crippen LogP contribution in [0.4, 0.5) is 0 Å². The third kappa shape index (κ3) is 3.05. The maximum absolute atomic E-state index is 14.3. The number of ether oxygens (including phenoxy) is 2. The zero-order valence-corrected chi connectivity index (χ0v) is 18.3. The third-order valence-electron chi connectivity index (χ3n) is 6.37. The van der Waals surface area contributed by atoms with Crippen LogP contribution in [-0.2, 0) is 16.5 Å². The molecule has 9 heteroatoms. The van der Waals surface area contributed by atoms with Crippen LogP contribution in [0.15, 0.2) is 24.3 Å². The van der Waals surface area contributed by atoms with Gasteiger partial charge in [0.15, 0.2) is 11.5 Å². The standard InChI is InChI=1S/C20H30N3O5P/c1-21(2)29(26,22(3)4)23-12-14-9-17-18(28-13-27-17)11-16(14)20(7-8-24)6-5-15(25)10-19(20)23/h5-6,9,11,15,19,24-25H,7-8,10,12-13H2,1-4H3/t15-,19-,20-/m1/s1. The van der Waals surface area contributed by atoms with E-state index in [1.807, 2.05) is 51.1 Å². The average Bonchev–Trinajstić information content (AvgIpc) is 3.13. The van der Waals surface area contributed by atoms with E-state index in [9.17, 15) is 14.8 Å². The Morgan fingerprint density at radius 3 is 2.48 bits per heavy atom. The van der Waals surface area contributed by atoms with E-state index in [0.29, 0.717) is 30.9 Å². The molecule has 2 N–H and O–H groups in total. The number of hydrogen-bond acceptors (Lipinski definition) is 5. The monoisotopic (exact) mass is 423 g/mol. The molecule has 3 aliphatic rings. The minimum absolute atomic E-state index is 0.0209. The second kappa shape index (κ2) is 7.38. The van der Waals surface area contributed by atoms with Gasteiger partial charge >= 0.3 is 0 Å². The van der Waals surface area contributed by atoms with Crippen LogP contribution >= 0.6 is 7.59 Å². The molecule has 160 valence electrons. The summed E-state index contributed by atoms with van der Waals surface area (Å²) >= 11 is 0. The molecule has 0 bridgehead atoms. The van der Waals surface area contributed by atoms with Crippen LogP contribution in [0.2, 0.25) is 0 Å². The molecule has 4 rings (SSSR count). The number of nitrogens with zero attached hydrogens (tertiary/aromatic N) is 3. The third-order valence-corrected chi connectivity index (χ3v) is 9.54. The van der Waals surface area contributed by atoms with Crippen LogP contribution in [0.25, 0.3) is 0 Å². The quantitative estimate of drug-likeness (QED) is 0.548. The fourth-order valence-electron chi connectivity index (χ4n) is 5.06. The van der Waals surface area contributed by atoms with Crippen LogP contribution in [0.1, 0.15) is 24.0 Å². The molecule has 0 aromatic heterocycles. The van der Waals surface area contributed by atoms with Crippen LogP contribution < -0.4 is 9.47 Å². The molecule has 0 unspecified atom stereocenters. The molecule has 29 heavy (non-hydrogen) atoms. The summed E-state index contributed by atoms with van der Waals surface area (Å²) in [5, 5.41) is 20.4. The first-order valence-corrected chi connectivity index (χ1v) is 11.4. The molecule has 1 aromatic rings. The first-order chi connectivity index (χ1) is 13.7. The number of hydrogen-bond donors (Lipinski definition) is 2. The van der Waals surface area contributed by atoms with Crippen LogP contribution in [0, 0.1) is 0 Å². The van der Waals surface area contributed by atoms with Gasteiger partial charge < -0.3 is 19.7 Å². The maximum Gasteiger partial charge on any atom is 0.286 e. The maximum atomic E-state index is 14.3. The Balaban J connectivity index is 1.96. The van der Waals surface area contributed by atoms with Crippen LogP contribution in [0.3, 0.4) is 0 Å². The lowest BCUT2D eigenvalue weighted by Crippen LogP contribution is -2.57. The molecule has 0 saturated carbocycles. The van der Waals surface area contributed by atoms with Gasteiger partial charge in [0.2, 0.25) is 6.79 Å². The van der Waals surface area contributed by atoms with Crippen molar-refractivity contribution in [2.24, 2.45) is 0 Å². The summed E-state index contributed by atoms with van der Waals surface area (Å²) in [5.74, 6) is 1.38. The van der Waals surface area contributed by atoms with Crippen molar-refractivity contribution in [3.8, 4) is 11.5 Å². The highest BCUT2D eigenvalue weighted by Gasteiger charge is 2.54. The molecule has 1 aliphatic carbocycles. The lowest BCUT2D eigenvalue weighted by Gasteiger charge is -2.55. The van der Waals surface area contributed by atoms with Crippen molar-refractivity contribution >= 4 is 7.59 Å². The highest BCUT2D eigenvalue weighted by atomic mass is 31.2. The van der Waals surface area contributed by atoms with Gasteiger partial charge in [-0.15, -0.1) is 0 Å². The van der Waals surface area contributed by atoms with Gasteiger partial charge in [-0.05, 0) is 64.3 Å². The van der Waals surface area contributed by atoms with Gasteiger partial charge in [-0.25, -0.2) is 14.0 Å². The van der Waals surface area contributed by atoms with E-state index in [0.717, 1.165) is 11.1 Å². The molecular weight excluding hydrogens is 393 g/mol. The molecule has 3 atom stereocenters. The summed E-state index contributed by atoms with van der Waals surface area (Å²) in [4.78, 5) is 0. The number of fused-ring (bicyclic) bond motifs is 4. The second-order valence-electron chi connectivity index (χ2n) is 8.36. The molecule has 0 radical (unpaired) electrons. The van der Waals surface area contributed by atoms with E-state index in [-0.39, 0.29) is 19.4 Å². The number of aliphatic hydroxyl groups excluding tert-OH is 2. The summed E-state index contributed by atoms with van der Waals surface area (Å²) in [6.45, 7) is 0.617. The van der Waals surface area contributed by atoms with Crippen molar-refractivity contribution < 1.29 is 24.3 Å². The normalized spacial score (nSPS) is 28.7. The van der Waals surface area contributed by atoms with Gasteiger partial charge in [0, 0.05) is 24.6 Å². The predicted molar refractivity (Wildman–Crippen MR) is 110 cm³/mol. The van der Waals surface area contributed by atoms with E-state index < -0.39 is 19.1 Å². The van der Waals surface area contributed by atoms with E-state index in [1.54, 1.807) is 15.4 Å². The van der Waals surface area contributed by atoms with E-state index in [1.165, 1.54) is 0 Å². The Hall–Kier alpha value is -1.41. The zero-order valence-electron chi connectivity index (χ0n) is 17.4. The van der Waals surface area contributed by atoms with Crippen molar-refractivity contribution in [2.75, 3.05) is 41.6 Å². The van der Waals surface area contributed by atoms with E-state index in [4.69, 9.17) is 9.47 Å². The average molecular weight is 423 g/mol. The Labute approximate surface area is 171 Å². The molecule has 1 aromatic carbocycles. The first-order valence-electron chi connectivity index (χ1n) is 9.88. The molecule has 2 aliphatic heterocycles. The van der Waals surface area contributed by atoms with Gasteiger partial charge in [0.25, 0.3) is 7.59 Å². The lowest BCUT2D eigenvalue weighted by atomic mass is 9.64. The van der Waals surface area contributed by atoms with Crippen molar-refractivity contribution in [3.63, 3.8) is 0 Å². The van der Waals surface area contributed by atoms with E-state index >= 15 is 0 Å². The summed E-state index contributed by atoms with van der Waals surface area (Å²) < 4.78 is 31.0. The number of aliphatic hydroxyl groups is 2. The molecular formula is C20H30N3O5P. The van der Waals surface area contributed by atoms with Crippen molar-refractivity contribution in [1.29, 1.82) is 0 Å². The fraction of sp³-hybridized carbons (Fsp3) is 0.600. The van der Waals surface area contributed by atoms with Crippen molar-refractivity contribution in [3.05, 3.63) is 35.4 Å².